The number of aromatic nitrogens is 1. The highest BCUT2D eigenvalue weighted by atomic mass is 32.1. The number of aryl methyl sites for hydroxylation is 1. The van der Waals surface area contributed by atoms with Gasteiger partial charge in [-0.15, -0.1) is 11.3 Å². The van der Waals surface area contributed by atoms with E-state index in [1.54, 1.807) is 17.2 Å². The molecule has 7 nitrogen and oxygen atoms in total. The molecule has 2 amide bonds. The highest BCUT2D eigenvalue weighted by Crippen LogP contribution is 2.32. The molecule has 0 saturated carbocycles. The summed E-state index contributed by atoms with van der Waals surface area (Å²) < 4.78 is 4.90. The zero-order chi connectivity index (χ0) is 25.5. The number of carbonyl (C=O) groups excluding carboxylic acids is 3. The number of thiazole rings is 1. The van der Waals surface area contributed by atoms with Crippen molar-refractivity contribution in [2.24, 2.45) is 0 Å². The third-order valence-corrected chi connectivity index (χ3v) is 7.32. The minimum atomic E-state index is -0.337. The van der Waals surface area contributed by atoms with Crippen LogP contribution in [0.15, 0.2) is 53.9 Å². The monoisotopic (exact) mass is 505 g/mol. The maximum atomic E-state index is 13.0. The van der Waals surface area contributed by atoms with Gasteiger partial charge in [-0.2, -0.15) is 0 Å². The predicted molar refractivity (Wildman–Crippen MR) is 141 cm³/mol. The van der Waals surface area contributed by atoms with Crippen LogP contribution in [0.4, 0.5) is 5.69 Å². The van der Waals surface area contributed by atoms with Crippen molar-refractivity contribution < 1.29 is 19.1 Å². The van der Waals surface area contributed by atoms with Crippen molar-refractivity contribution >= 4 is 34.8 Å². The molecule has 1 saturated heterocycles. The lowest BCUT2D eigenvalue weighted by atomic mass is 9.97. The highest BCUT2D eigenvalue weighted by Gasteiger charge is 2.26. The maximum absolute atomic E-state index is 13.0. The van der Waals surface area contributed by atoms with E-state index in [4.69, 9.17) is 4.74 Å². The zero-order valence-electron chi connectivity index (χ0n) is 20.7. The van der Waals surface area contributed by atoms with E-state index in [-0.39, 0.29) is 36.5 Å². The second-order valence-electron chi connectivity index (χ2n) is 8.90. The molecule has 8 heteroatoms. The van der Waals surface area contributed by atoms with Crippen molar-refractivity contribution in [1.29, 1.82) is 0 Å². The number of amides is 2. The molecule has 0 radical (unpaired) electrons. The fourth-order valence-corrected chi connectivity index (χ4v) is 5.34. The van der Waals surface area contributed by atoms with Crippen molar-refractivity contribution in [1.82, 2.24) is 9.88 Å². The van der Waals surface area contributed by atoms with Crippen LogP contribution in [0.2, 0.25) is 0 Å². The van der Waals surface area contributed by atoms with Crippen molar-refractivity contribution in [3.8, 4) is 11.1 Å². The summed E-state index contributed by atoms with van der Waals surface area (Å²) in [6, 6.07) is 16.0. The molecule has 2 heterocycles. The number of esters is 1. The van der Waals surface area contributed by atoms with E-state index in [9.17, 15) is 14.4 Å². The van der Waals surface area contributed by atoms with Gasteiger partial charge in [-0.1, -0.05) is 42.0 Å². The van der Waals surface area contributed by atoms with E-state index in [1.807, 2.05) is 49.4 Å². The summed E-state index contributed by atoms with van der Waals surface area (Å²) in [6.45, 7) is 5.35. The van der Waals surface area contributed by atoms with Gasteiger partial charge in [-0.3, -0.25) is 14.4 Å². The summed E-state index contributed by atoms with van der Waals surface area (Å²) in [5.74, 6) is -0.376. The van der Waals surface area contributed by atoms with Crippen LogP contribution in [0.25, 0.3) is 11.1 Å². The Morgan fingerprint density at radius 2 is 1.83 bits per heavy atom. The number of hydrogen-bond acceptors (Lipinski definition) is 6. The first-order valence-electron chi connectivity index (χ1n) is 12.3. The zero-order valence-corrected chi connectivity index (χ0v) is 21.5. The van der Waals surface area contributed by atoms with Crippen LogP contribution in [-0.2, 0) is 14.3 Å². The van der Waals surface area contributed by atoms with E-state index in [0.29, 0.717) is 25.4 Å². The number of ether oxygens (including phenoxy) is 1. The van der Waals surface area contributed by atoms with E-state index < -0.39 is 0 Å². The van der Waals surface area contributed by atoms with Crippen LogP contribution in [0.5, 0.6) is 0 Å². The van der Waals surface area contributed by atoms with Gasteiger partial charge < -0.3 is 15.0 Å². The van der Waals surface area contributed by atoms with Crippen LogP contribution >= 0.6 is 11.3 Å². The Labute approximate surface area is 215 Å². The number of rotatable bonds is 8. The minimum absolute atomic E-state index is 0.0203. The predicted octanol–water partition coefficient (Wildman–Crippen LogP) is 5.42. The molecule has 0 spiro atoms. The summed E-state index contributed by atoms with van der Waals surface area (Å²) in [5.41, 5.74) is 4.29. The molecule has 0 unspecified atom stereocenters. The van der Waals surface area contributed by atoms with Crippen LogP contribution in [0.3, 0.4) is 0 Å². The number of nitrogens with one attached hydrogen (secondary N) is 1. The summed E-state index contributed by atoms with van der Waals surface area (Å²) in [6.07, 6.45) is 1.87. The van der Waals surface area contributed by atoms with Gasteiger partial charge in [0.25, 0.3) is 5.91 Å². The van der Waals surface area contributed by atoms with Gasteiger partial charge in [-0.05, 0) is 44.4 Å². The van der Waals surface area contributed by atoms with Gasteiger partial charge in [-0.25, -0.2) is 4.98 Å². The van der Waals surface area contributed by atoms with Gasteiger partial charge in [0, 0.05) is 42.1 Å². The lowest BCUT2D eigenvalue weighted by Gasteiger charge is -2.31. The first kappa shape index (κ1) is 25.6. The molecule has 0 bridgehead atoms. The molecule has 0 aliphatic carbocycles. The Morgan fingerprint density at radius 1 is 1.08 bits per heavy atom. The Kier molecular flexibility index (Phi) is 8.48. The minimum Gasteiger partial charge on any atom is -0.466 e. The fourth-order valence-electron chi connectivity index (χ4n) is 4.37. The summed E-state index contributed by atoms with van der Waals surface area (Å²) >= 11 is 1.49. The molecular formula is C28H31N3O4S. The molecule has 1 N–H and O–H groups in total. The van der Waals surface area contributed by atoms with E-state index >= 15 is 0 Å². The van der Waals surface area contributed by atoms with Gasteiger partial charge in [0.15, 0.2) is 0 Å². The third kappa shape index (κ3) is 6.37. The molecule has 188 valence electrons. The normalized spacial score (nSPS) is 13.9. The molecule has 2 aromatic carbocycles. The van der Waals surface area contributed by atoms with Crippen molar-refractivity contribution in [3.05, 3.63) is 70.2 Å². The molecule has 0 atom stereocenters. The molecular weight excluding hydrogens is 474 g/mol. The average molecular weight is 506 g/mol. The van der Waals surface area contributed by atoms with Crippen LogP contribution in [0, 0.1) is 6.92 Å². The summed E-state index contributed by atoms with van der Waals surface area (Å²) in [7, 11) is 0. The van der Waals surface area contributed by atoms with E-state index in [0.717, 1.165) is 40.2 Å². The number of carbonyl (C=O) groups is 3. The van der Waals surface area contributed by atoms with Crippen LogP contribution in [-0.4, -0.2) is 47.4 Å². The smallest absolute Gasteiger partial charge is 0.306 e. The lowest BCUT2D eigenvalue weighted by Crippen LogP contribution is -2.38. The van der Waals surface area contributed by atoms with E-state index in [2.05, 4.69) is 16.4 Å². The molecule has 1 aliphatic rings. The largest absolute Gasteiger partial charge is 0.466 e. The van der Waals surface area contributed by atoms with Gasteiger partial charge >= 0.3 is 5.97 Å². The molecule has 36 heavy (non-hydrogen) atoms. The Morgan fingerprint density at radius 3 is 2.56 bits per heavy atom. The Hall–Kier alpha value is -3.52. The first-order valence-corrected chi connectivity index (χ1v) is 13.2. The standard InChI is InChI=1S/C28H31N3O4S/c1-3-35-26(33)12-11-25(32)31-15-13-21(14-16-31)28-30-24(18-36-28)27(34)29-23-10-9-19(2)17-22(23)20-7-5-4-6-8-20/h4-10,17-18,21H,3,11-16H2,1-2H3,(H,29,34). The molecule has 1 aromatic heterocycles. The number of nitrogens with zero attached hydrogens (tertiary/aromatic N) is 2. The van der Waals surface area contributed by atoms with Gasteiger partial charge in [0.2, 0.25) is 5.91 Å². The second-order valence-corrected chi connectivity index (χ2v) is 9.79. The average Bonchev–Trinajstić information content (AvgIpc) is 3.40. The lowest BCUT2D eigenvalue weighted by molar-refractivity contribution is -0.145. The summed E-state index contributed by atoms with van der Waals surface area (Å²) in [5, 5.41) is 5.76. The second kappa shape index (κ2) is 11.9. The third-order valence-electron chi connectivity index (χ3n) is 6.31. The fraction of sp³-hybridized carbons (Fsp3) is 0.357. The van der Waals surface area contributed by atoms with Gasteiger partial charge in [0.1, 0.15) is 5.69 Å². The first-order chi connectivity index (χ1) is 17.4. The quantitative estimate of drug-likeness (QED) is 0.413. The molecule has 4 rings (SSSR count). The molecule has 1 fully saturated rings. The SMILES string of the molecule is CCOC(=O)CCC(=O)N1CCC(c2nc(C(=O)Nc3ccc(C)cc3-c3ccccc3)cs2)CC1. The van der Waals surface area contributed by atoms with Crippen LogP contribution in [0.1, 0.15) is 59.6 Å². The highest BCUT2D eigenvalue weighted by molar-refractivity contribution is 7.10. The Balaban J connectivity index is 1.35. The van der Waals surface area contributed by atoms with Crippen molar-refractivity contribution in [3.63, 3.8) is 0 Å². The molecule has 1 aliphatic heterocycles. The van der Waals surface area contributed by atoms with Crippen LogP contribution < -0.4 is 5.32 Å². The maximum Gasteiger partial charge on any atom is 0.306 e. The number of hydrogen-bond donors (Lipinski definition) is 1. The number of likely N-dealkylation sites (tertiary alicyclic amines) is 1. The van der Waals surface area contributed by atoms with Crippen molar-refractivity contribution in [2.75, 3.05) is 25.0 Å². The number of benzene rings is 2. The number of anilines is 1. The topological polar surface area (TPSA) is 88.6 Å². The molecule has 3 aromatic rings. The van der Waals surface area contributed by atoms with E-state index in [1.165, 1.54) is 11.3 Å². The van der Waals surface area contributed by atoms with Crippen molar-refractivity contribution in [2.45, 2.75) is 45.4 Å². The Bertz CT molecular complexity index is 1220. The van der Waals surface area contributed by atoms with Gasteiger partial charge in [0.05, 0.1) is 18.0 Å². The number of piperidine rings is 1. The summed E-state index contributed by atoms with van der Waals surface area (Å²) in [4.78, 5) is 43.4.